The van der Waals surface area contributed by atoms with E-state index in [0.717, 1.165) is 28.1 Å². The number of imidazole rings is 1. The molecule has 1 N–H and O–H groups in total. The number of methoxy groups -OCH3 is 3. The van der Waals surface area contributed by atoms with Crippen molar-refractivity contribution in [1.82, 2.24) is 15.0 Å². The minimum atomic E-state index is -1.39. The highest BCUT2D eigenvalue weighted by molar-refractivity contribution is 7.84. The fourth-order valence-electron chi connectivity index (χ4n) is 2.88. The van der Waals surface area contributed by atoms with Crippen molar-refractivity contribution in [1.29, 1.82) is 0 Å². The summed E-state index contributed by atoms with van der Waals surface area (Å²) < 4.78 is 28.9. The summed E-state index contributed by atoms with van der Waals surface area (Å²) in [4.78, 5) is 12.0. The third kappa shape index (κ3) is 3.12. The molecule has 0 fully saturated rings. The predicted octanol–water partition coefficient (Wildman–Crippen LogP) is 2.91. The standard InChI is InChI=1S/C18H21N3O4S/c1-10-8-19-13(11(2)16(10)24-4)9-26(22)18-20-12-6-7-14(23-3)17(25-5)15(12)21-18/h6-8H,9H2,1-5H3,(H,20,21). The van der Waals surface area contributed by atoms with Gasteiger partial charge >= 0.3 is 0 Å². The average molecular weight is 375 g/mol. The Morgan fingerprint density at radius 3 is 2.46 bits per heavy atom. The molecule has 1 aromatic carbocycles. The zero-order valence-corrected chi connectivity index (χ0v) is 16.2. The maximum atomic E-state index is 12.8. The molecule has 1 atom stereocenters. The van der Waals surface area contributed by atoms with E-state index in [4.69, 9.17) is 14.2 Å². The first kappa shape index (κ1) is 18.2. The van der Waals surface area contributed by atoms with E-state index in [9.17, 15) is 4.21 Å². The molecule has 0 amide bonds. The number of fused-ring (bicyclic) bond motifs is 1. The van der Waals surface area contributed by atoms with Crippen molar-refractivity contribution in [3.05, 3.63) is 35.2 Å². The Balaban J connectivity index is 1.96. The van der Waals surface area contributed by atoms with Crippen LogP contribution in [0.2, 0.25) is 0 Å². The number of nitrogens with zero attached hydrogens (tertiary/aromatic N) is 2. The average Bonchev–Trinajstić information content (AvgIpc) is 3.08. The molecule has 2 aromatic heterocycles. The van der Waals surface area contributed by atoms with Crippen LogP contribution in [0.4, 0.5) is 0 Å². The lowest BCUT2D eigenvalue weighted by atomic mass is 10.1. The van der Waals surface area contributed by atoms with Gasteiger partial charge in [-0.05, 0) is 26.0 Å². The van der Waals surface area contributed by atoms with Gasteiger partial charge in [0.15, 0.2) is 16.7 Å². The van der Waals surface area contributed by atoms with Gasteiger partial charge in [-0.25, -0.2) is 4.98 Å². The normalized spacial score (nSPS) is 12.2. The molecule has 0 bridgehead atoms. The first-order valence-corrected chi connectivity index (χ1v) is 9.30. The smallest absolute Gasteiger partial charge is 0.197 e. The topological polar surface area (TPSA) is 86.3 Å². The fourth-order valence-corrected chi connectivity index (χ4v) is 3.98. The lowest BCUT2D eigenvalue weighted by Gasteiger charge is -2.11. The molecule has 0 aliphatic carbocycles. The molecule has 0 spiro atoms. The van der Waals surface area contributed by atoms with E-state index in [0.29, 0.717) is 22.2 Å². The fraction of sp³-hybridized carbons (Fsp3) is 0.333. The molecule has 7 nitrogen and oxygen atoms in total. The molecule has 3 rings (SSSR count). The van der Waals surface area contributed by atoms with Gasteiger partial charge in [-0.15, -0.1) is 0 Å². The van der Waals surface area contributed by atoms with Crippen LogP contribution in [0.15, 0.2) is 23.5 Å². The Hall–Kier alpha value is -2.61. The number of rotatable bonds is 6. The van der Waals surface area contributed by atoms with E-state index in [2.05, 4.69) is 15.0 Å². The molecule has 1 unspecified atom stereocenters. The molecule has 138 valence electrons. The van der Waals surface area contributed by atoms with E-state index in [1.165, 1.54) is 0 Å². The first-order valence-electron chi connectivity index (χ1n) is 7.98. The number of benzene rings is 1. The second-order valence-corrected chi connectivity index (χ2v) is 7.14. The zero-order chi connectivity index (χ0) is 18.8. The zero-order valence-electron chi connectivity index (χ0n) is 15.4. The summed E-state index contributed by atoms with van der Waals surface area (Å²) in [5.74, 6) is 2.09. The van der Waals surface area contributed by atoms with Crippen molar-refractivity contribution < 1.29 is 18.4 Å². The van der Waals surface area contributed by atoms with E-state index < -0.39 is 10.8 Å². The van der Waals surface area contributed by atoms with Crippen LogP contribution in [0.25, 0.3) is 11.0 Å². The van der Waals surface area contributed by atoms with Crippen LogP contribution < -0.4 is 14.2 Å². The lowest BCUT2D eigenvalue weighted by molar-refractivity contribution is 0.358. The van der Waals surface area contributed by atoms with Gasteiger partial charge in [-0.3, -0.25) is 9.19 Å². The number of H-pyrrole nitrogens is 1. The van der Waals surface area contributed by atoms with Crippen LogP contribution in [0, 0.1) is 13.8 Å². The molecule has 0 radical (unpaired) electrons. The van der Waals surface area contributed by atoms with Gasteiger partial charge in [0.2, 0.25) is 0 Å². The number of hydrogen-bond donors (Lipinski definition) is 1. The van der Waals surface area contributed by atoms with Gasteiger partial charge < -0.3 is 19.2 Å². The van der Waals surface area contributed by atoms with E-state index >= 15 is 0 Å². The van der Waals surface area contributed by atoms with Crippen molar-refractivity contribution in [2.24, 2.45) is 0 Å². The summed E-state index contributed by atoms with van der Waals surface area (Å²) in [5.41, 5.74) is 3.87. The monoisotopic (exact) mass is 375 g/mol. The number of nitrogens with one attached hydrogen (secondary N) is 1. The largest absolute Gasteiger partial charge is 0.496 e. The predicted molar refractivity (Wildman–Crippen MR) is 99.6 cm³/mol. The van der Waals surface area contributed by atoms with E-state index in [1.807, 2.05) is 19.9 Å². The maximum absolute atomic E-state index is 12.8. The summed E-state index contributed by atoms with van der Waals surface area (Å²) >= 11 is 0. The Bertz CT molecular complexity index is 984. The van der Waals surface area contributed by atoms with Crippen molar-refractivity contribution in [2.75, 3.05) is 21.3 Å². The number of aromatic nitrogens is 3. The number of aryl methyl sites for hydroxylation is 1. The lowest BCUT2D eigenvalue weighted by Crippen LogP contribution is -2.05. The van der Waals surface area contributed by atoms with Gasteiger partial charge in [0.1, 0.15) is 11.3 Å². The highest BCUT2D eigenvalue weighted by Gasteiger charge is 2.18. The first-order chi connectivity index (χ1) is 12.5. The van der Waals surface area contributed by atoms with Gasteiger partial charge in [-0.1, -0.05) is 0 Å². The van der Waals surface area contributed by atoms with Crippen LogP contribution in [0.1, 0.15) is 16.8 Å². The summed E-state index contributed by atoms with van der Waals surface area (Å²) in [6.45, 7) is 3.84. The summed E-state index contributed by atoms with van der Waals surface area (Å²) in [6, 6.07) is 3.60. The highest BCUT2D eigenvalue weighted by Crippen LogP contribution is 2.34. The van der Waals surface area contributed by atoms with Crippen molar-refractivity contribution >= 4 is 21.8 Å². The third-order valence-electron chi connectivity index (χ3n) is 4.21. The van der Waals surface area contributed by atoms with Crippen LogP contribution in [0.5, 0.6) is 17.2 Å². The molecule has 0 aliphatic rings. The Morgan fingerprint density at radius 1 is 1.08 bits per heavy atom. The molecule has 0 saturated carbocycles. The maximum Gasteiger partial charge on any atom is 0.197 e. The minimum Gasteiger partial charge on any atom is -0.496 e. The van der Waals surface area contributed by atoms with Crippen molar-refractivity contribution in [3.63, 3.8) is 0 Å². The second kappa shape index (κ2) is 7.33. The SMILES string of the molecule is COc1ccc2[nH]c(S(=O)Cc3ncc(C)c(OC)c3C)nc2c1OC. The molecule has 8 heteroatoms. The summed E-state index contributed by atoms with van der Waals surface area (Å²) in [7, 11) is 3.34. The molecular weight excluding hydrogens is 354 g/mol. The number of ether oxygens (including phenoxy) is 3. The van der Waals surface area contributed by atoms with Crippen LogP contribution >= 0.6 is 0 Å². The molecule has 2 heterocycles. The van der Waals surface area contributed by atoms with Gasteiger partial charge in [0.05, 0.1) is 49.1 Å². The Morgan fingerprint density at radius 2 is 1.81 bits per heavy atom. The van der Waals surface area contributed by atoms with Crippen molar-refractivity contribution in [3.8, 4) is 17.2 Å². The van der Waals surface area contributed by atoms with E-state index in [-0.39, 0.29) is 5.75 Å². The Labute approximate surface area is 154 Å². The van der Waals surface area contributed by atoms with E-state index in [1.54, 1.807) is 33.6 Å². The van der Waals surface area contributed by atoms with Gasteiger partial charge in [0, 0.05) is 17.3 Å². The second-order valence-electron chi connectivity index (χ2n) is 5.78. The third-order valence-corrected chi connectivity index (χ3v) is 5.37. The summed E-state index contributed by atoms with van der Waals surface area (Å²) in [6.07, 6.45) is 1.73. The number of hydrogen-bond acceptors (Lipinski definition) is 6. The molecule has 0 saturated heterocycles. The number of pyridine rings is 1. The van der Waals surface area contributed by atoms with Crippen LogP contribution in [-0.2, 0) is 16.6 Å². The molecule has 26 heavy (non-hydrogen) atoms. The van der Waals surface area contributed by atoms with Crippen LogP contribution in [-0.4, -0.2) is 40.5 Å². The van der Waals surface area contributed by atoms with Crippen LogP contribution in [0.3, 0.4) is 0 Å². The minimum absolute atomic E-state index is 0.238. The highest BCUT2D eigenvalue weighted by atomic mass is 32.2. The number of aromatic amines is 1. The van der Waals surface area contributed by atoms with Gasteiger partial charge in [-0.2, -0.15) is 0 Å². The molecule has 3 aromatic rings. The summed E-state index contributed by atoms with van der Waals surface area (Å²) in [5, 5.41) is 0.368. The molecular formula is C18H21N3O4S. The quantitative estimate of drug-likeness (QED) is 0.713. The van der Waals surface area contributed by atoms with Gasteiger partial charge in [0.25, 0.3) is 0 Å². The molecule has 0 aliphatic heterocycles. The Kier molecular flexibility index (Phi) is 5.13. The van der Waals surface area contributed by atoms with Crippen molar-refractivity contribution in [2.45, 2.75) is 24.8 Å².